The van der Waals surface area contributed by atoms with Crippen molar-refractivity contribution in [2.75, 3.05) is 44.2 Å². The van der Waals surface area contributed by atoms with Crippen LogP contribution in [0.1, 0.15) is 25.7 Å². The van der Waals surface area contributed by atoms with Gasteiger partial charge in [-0.3, -0.25) is 9.79 Å². The second kappa shape index (κ2) is 8.87. The maximum atomic E-state index is 13.0. The molecule has 0 radical (unpaired) electrons. The molecule has 142 valence electrons. The standard InChI is InChI=1S/C19H28FN5O/c20-16-5-7-17(8-6-16)24-11-13-25(14-12-24)19(21)23-10-2-9-22-18(26)15-3-1-4-15/h5-8,15H,1-4,9-14H2,(H2,21,23)(H,22,26). The molecule has 1 aliphatic heterocycles. The molecule has 6 nitrogen and oxygen atoms in total. The van der Waals surface area contributed by atoms with Crippen molar-refractivity contribution in [3.05, 3.63) is 30.1 Å². The molecule has 1 saturated carbocycles. The molecule has 2 aliphatic rings. The number of aliphatic imine (C=N–C) groups is 1. The van der Waals surface area contributed by atoms with Crippen LogP contribution in [0.2, 0.25) is 0 Å². The quantitative estimate of drug-likeness (QED) is 0.458. The molecule has 3 N–H and O–H groups in total. The van der Waals surface area contributed by atoms with E-state index < -0.39 is 0 Å². The van der Waals surface area contributed by atoms with Crippen molar-refractivity contribution in [1.82, 2.24) is 10.2 Å². The van der Waals surface area contributed by atoms with E-state index in [4.69, 9.17) is 5.73 Å². The molecular formula is C19H28FN5O. The number of nitrogens with two attached hydrogens (primary N) is 1. The molecule has 0 bridgehead atoms. The molecule has 1 aromatic carbocycles. The number of halogens is 1. The first-order valence-corrected chi connectivity index (χ1v) is 9.46. The van der Waals surface area contributed by atoms with Crippen molar-refractivity contribution in [2.24, 2.45) is 16.6 Å². The van der Waals surface area contributed by atoms with Gasteiger partial charge >= 0.3 is 0 Å². The molecule has 7 heteroatoms. The van der Waals surface area contributed by atoms with Crippen molar-refractivity contribution < 1.29 is 9.18 Å². The number of rotatable bonds is 6. The summed E-state index contributed by atoms with van der Waals surface area (Å²) in [7, 11) is 0. The average Bonchev–Trinajstić information content (AvgIpc) is 2.60. The Balaban J connectivity index is 1.34. The van der Waals surface area contributed by atoms with Crippen molar-refractivity contribution in [2.45, 2.75) is 25.7 Å². The lowest BCUT2D eigenvalue weighted by Gasteiger charge is -2.36. The predicted octanol–water partition coefficient (Wildman–Crippen LogP) is 1.57. The molecule has 1 aliphatic carbocycles. The van der Waals surface area contributed by atoms with Crippen LogP contribution in [0.3, 0.4) is 0 Å². The van der Waals surface area contributed by atoms with E-state index in [1.54, 1.807) is 12.1 Å². The molecule has 0 atom stereocenters. The second-order valence-corrected chi connectivity index (χ2v) is 6.96. The van der Waals surface area contributed by atoms with Gasteiger partial charge in [-0.25, -0.2) is 4.39 Å². The highest BCUT2D eigenvalue weighted by Gasteiger charge is 2.24. The maximum Gasteiger partial charge on any atom is 0.223 e. The number of carbonyl (C=O) groups excluding carboxylic acids is 1. The first-order valence-electron chi connectivity index (χ1n) is 9.46. The summed E-state index contributed by atoms with van der Waals surface area (Å²) < 4.78 is 13.0. The Bertz CT molecular complexity index is 621. The number of piperazine rings is 1. The lowest BCUT2D eigenvalue weighted by Crippen LogP contribution is -2.51. The summed E-state index contributed by atoms with van der Waals surface area (Å²) >= 11 is 0. The van der Waals surface area contributed by atoms with Crippen LogP contribution in [0.25, 0.3) is 0 Å². The Hall–Kier alpha value is -2.31. The van der Waals surface area contributed by atoms with Crippen LogP contribution in [-0.4, -0.2) is 56.0 Å². The fraction of sp³-hybridized carbons (Fsp3) is 0.579. The lowest BCUT2D eigenvalue weighted by atomic mass is 9.85. The van der Waals surface area contributed by atoms with Gasteiger partial charge in [-0.05, 0) is 43.5 Å². The van der Waals surface area contributed by atoms with Gasteiger partial charge in [-0.15, -0.1) is 0 Å². The van der Waals surface area contributed by atoms with Crippen molar-refractivity contribution >= 4 is 17.6 Å². The minimum absolute atomic E-state index is 0.185. The summed E-state index contributed by atoms with van der Waals surface area (Å²) in [5.41, 5.74) is 7.13. The fourth-order valence-corrected chi connectivity index (χ4v) is 3.24. The predicted molar refractivity (Wildman–Crippen MR) is 102 cm³/mol. The van der Waals surface area contributed by atoms with Crippen LogP contribution < -0.4 is 16.0 Å². The molecule has 26 heavy (non-hydrogen) atoms. The van der Waals surface area contributed by atoms with Gasteiger partial charge in [0.25, 0.3) is 0 Å². The Morgan fingerprint density at radius 1 is 1.19 bits per heavy atom. The number of carbonyl (C=O) groups is 1. The van der Waals surface area contributed by atoms with Crippen LogP contribution in [0.4, 0.5) is 10.1 Å². The highest BCUT2D eigenvalue weighted by Crippen LogP contribution is 2.26. The van der Waals surface area contributed by atoms with Crippen molar-refractivity contribution in [3.63, 3.8) is 0 Å². The van der Waals surface area contributed by atoms with Crippen molar-refractivity contribution in [3.8, 4) is 0 Å². The number of benzene rings is 1. The van der Waals surface area contributed by atoms with Crippen LogP contribution >= 0.6 is 0 Å². The van der Waals surface area contributed by atoms with Gasteiger partial charge < -0.3 is 20.9 Å². The third kappa shape index (κ3) is 4.86. The summed E-state index contributed by atoms with van der Waals surface area (Å²) in [5.74, 6) is 0.771. The van der Waals surface area contributed by atoms with E-state index in [9.17, 15) is 9.18 Å². The molecule has 1 saturated heterocycles. The number of hydrogen-bond acceptors (Lipinski definition) is 3. The van der Waals surface area contributed by atoms with Gasteiger partial charge in [0.15, 0.2) is 5.96 Å². The Kier molecular flexibility index (Phi) is 6.30. The second-order valence-electron chi connectivity index (χ2n) is 6.96. The zero-order valence-corrected chi connectivity index (χ0v) is 15.2. The monoisotopic (exact) mass is 361 g/mol. The zero-order valence-electron chi connectivity index (χ0n) is 15.2. The van der Waals surface area contributed by atoms with E-state index in [1.165, 1.54) is 18.6 Å². The third-order valence-electron chi connectivity index (χ3n) is 5.18. The summed E-state index contributed by atoms with van der Waals surface area (Å²) in [4.78, 5) is 20.5. The average molecular weight is 361 g/mol. The van der Waals surface area contributed by atoms with Crippen LogP contribution in [0.5, 0.6) is 0 Å². The van der Waals surface area contributed by atoms with Crippen molar-refractivity contribution in [1.29, 1.82) is 0 Å². The van der Waals surface area contributed by atoms with Crippen LogP contribution in [0.15, 0.2) is 29.3 Å². The molecular weight excluding hydrogens is 333 g/mol. The molecule has 0 aromatic heterocycles. The van der Waals surface area contributed by atoms with Gasteiger partial charge in [0.2, 0.25) is 5.91 Å². The lowest BCUT2D eigenvalue weighted by molar-refractivity contribution is -0.127. The molecule has 0 unspecified atom stereocenters. The minimum atomic E-state index is -0.215. The molecule has 0 spiro atoms. The Morgan fingerprint density at radius 3 is 2.50 bits per heavy atom. The van der Waals surface area contributed by atoms with E-state index in [0.717, 1.165) is 51.1 Å². The SMILES string of the molecule is NC(=NCCCNC(=O)C1CCC1)N1CCN(c2ccc(F)cc2)CC1. The van der Waals surface area contributed by atoms with Gasteiger partial charge in [-0.1, -0.05) is 6.42 Å². The van der Waals surface area contributed by atoms with Gasteiger partial charge in [0.1, 0.15) is 5.82 Å². The molecule has 3 rings (SSSR count). The number of nitrogens with one attached hydrogen (secondary N) is 1. The molecule has 2 fully saturated rings. The number of nitrogens with zero attached hydrogens (tertiary/aromatic N) is 3. The van der Waals surface area contributed by atoms with E-state index in [-0.39, 0.29) is 17.6 Å². The van der Waals surface area contributed by atoms with Gasteiger partial charge in [-0.2, -0.15) is 0 Å². The van der Waals surface area contributed by atoms with Crippen LogP contribution in [0, 0.1) is 11.7 Å². The maximum absolute atomic E-state index is 13.0. The third-order valence-corrected chi connectivity index (χ3v) is 5.18. The van der Waals surface area contributed by atoms with Gasteiger partial charge in [0, 0.05) is 50.9 Å². The fourth-order valence-electron chi connectivity index (χ4n) is 3.24. The Morgan fingerprint density at radius 2 is 1.88 bits per heavy atom. The topological polar surface area (TPSA) is 74.0 Å². The smallest absolute Gasteiger partial charge is 0.223 e. The summed E-state index contributed by atoms with van der Waals surface area (Å²) in [5, 5.41) is 2.97. The first-order chi connectivity index (χ1) is 12.6. The van der Waals surface area contributed by atoms with Gasteiger partial charge in [0.05, 0.1) is 0 Å². The number of guanidine groups is 1. The van der Waals surface area contributed by atoms with E-state index in [2.05, 4.69) is 20.1 Å². The number of hydrogen-bond donors (Lipinski definition) is 2. The first kappa shape index (κ1) is 18.5. The highest BCUT2D eigenvalue weighted by atomic mass is 19.1. The van der Waals surface area contributed by atoms with E-state index in [1.807, 2.05) is 0 Å². The highest BCUT2D eigenvalue weighted by molar-refractivity contribution is 5.79. The number of amides is 1. The number of anilines is 1. The summed E-state index contributed by atoms with van der Waals surface area (Å²) in [6, 6.07) is 6.59. The molecule has 1 amide bonds. The normalized spacial score (nSPS) is 18.6. The van der Waals surface area contributed by atoms with E-state index >= 15 is 0 Å². The van der Waals surface area contributed by atoms with E-state index in [0.29, 0.717) is 19.0 Å². The molecule has 1 aromatic rings. The minimum Gasteiger partial charge on any atom is -0.370 e. The Labute approximate surface area is 154 Å². The zero-order chi connectivity index (χ0) is 18.4. The largest absolute Gasteiger partial charge is 0.370 e. The van der Waals surface area contributed by atoms with Crippen LogP contribution in [-0.2, 0) is 4.79 Å². The summed E-state index contributed by atoms with van der Waals surface area (Å²) in [6.45, 7) is 4.54. The molecule has 1 heterocycles. The summed E-state index contributed by atoms with van der Waals surface area (Å²) in [6.07, 6.45) is 4.03.